The zero-order valence-electron chi connectivity index (χ0n) is 15.2. The van der Waals surface area contributed by atoms with Gasteiger partial charge in [-0.2, -0.15) is 0 Å². The first-order chi connectivity index (χ1) is 12.5. The van der Waals surface area contributed by atoms with Crippen molar-refractivity contribution in [1.82, 2.24) is 15.3 Å². The number of anilines is 2. The number of nitrogens with zero attached hydrogens (tertiary/aromatic N) is 2. The molecular weight excluding hydrogens is 324 g/mol. The van der Waals surface area contributed by atoms with Crippen molar-refractivity contribution in [1.29, 1.82) is 0 Å². The standard InChI is InChI=1S/C21H22N4O/c1-14-5-4-6-17(10-14)11-22-20(26)18-12-23-21(24-13-18)25-19-8-7-15(2)9-16(19)3/h4-10,12-13H,11H2,1-3H3,(H,22,26)(H,23,24,25). The van der Waals surface area contributed by atoms with Crippen molar-refractivity contribution in [3.05, 3.63) is 82.7 Å². The topological polar surface area (TPSA) is 66.9 Å². The quantitative estimate of drug-likeness (QED) is 0.731. The predicted octanol–water partition coefficient (Wildman–Crippen LogP) is 4.08. The molecule has 0 saturated carbocycles. The van der Waals surface area contributed by atoms with E-state index in [9.17, 15) is 4.79 Å². The number of amides is 1. The molecular formula is C21H22N4O. The number of hydrogen-bond donors (Lipinski definition) is 2. The Labute approximate surface area is 153 Å². The fourth-order valence-corrected chi connectivity index (χ4v) is 2.69. The van der Waals surface area contributed by atoms with Crippen LogP contribution in [0.2, 0.25) is 0 Å². The van der Waals surface area contributed by atoms with Crippen molar-refractivity contribution in [3.63, 3.8) is 0 Å². The lowest BCUT2D eigenvalue weighted by molar-refractivity contribution is 0.0950. The summed E-state index contributed by atoms with van der Waals surface area (Å²) >= 11 is 0. The molecule has 0 aliphatic rings. The molecule has 0 aliphatic heterocycles. The lowest BCUT2D eigenvalue weighted by atomic mass is 10.1. The highest BCUT2D eigenvalue weighted by Crippen LogP contribution is 2.19. The molecule has 0 saturated heterocycles. The minimum atomic E-state index is -0.190. The van der Waals surface area contributed by atoms with Gasteiger partial charge in [-0.1, -0.05) is 47.5 Å². The van der Waals surface area contributed by atoms with Crippen LogP contribution in [0.15, 0.2) is 54.9 Å². The molecule has 26 heavy (non-hydrogen) atoms. The largest absolute Gasteiger partial charge is 0.348 e. The molecule has 2 aromatic carbocycles. The summed E-state index contributed by atoms with van der Waals surface area (Å²) in [5, 5.41) is 6.06. The normalized spacial score (nSPS) is 10.4. The molecule has 2 N–H and O–H groups in total. The fourth-order valence-electron chi connectivity index (χ4n) is 2.69. The number of aryl methyl sites for hydroxylation is 3. The van der Waals surface area contributed by atoms with E-state index < -0.39 is 0 Å². The van der Waals surface area contributed by atoms with Gasteiger partial charge in [0.05, 0.1) is 5.56 Å². The maximum Gasteiger partial charge on any atom is 0.254 e. The molecule has 0 unspecified atom stereocenters. The molecule has 0 aliphatic carbocycles. The average Bonchev–Trinajstić information content (AvgIpc) is 2.63. The van der Waals surface area contributed by atoms with Gasteiger partial charge < -0.3 is 10.6 Å². The van der Waals surface area contributed by atoms with Gasteiger partial charge in [0.15, 0.2) is 0 Å². The Bertz CT molecular complexity index is 920. The number of hydrogen-bond acceptors (Lipinski definition) is 4. The van der Waals surface area contributed by atoms with Gasteiger partial charge in [0.2, 0.25) is 5.95 Å². The first-order valence-corrected chi connectivity index (χ1v) is 8.51. The number of carbonyl (C=O) groups excluding carboxylic acids is 1. The molecule has 3 aromatic rings. The van der Waals surface area contributed by atoms with E-state index in [1.807, 2.05) is 50.2 Å². The lowest BCUT2D eigenvalue weighted by Gasteiger charge is -2.09. The minimum Gasteiger partial charge on any atom is -0.348 e. The van der Waals surface area contributed by atoms with Crippen LogP contribution >= 0.6 is 0 Å². The molecule has 0 atom stereocenters. The van der Waals surface area contributed by atoms with Crippen LogP contribution in [0.1, 0.15) is 32.6 Å². The fraction of sp³-hybridized carbons (Fsp3) is 0.190. The van der Waals surface area contributed by atoms with Crippen LogP contribution in [0.4, 0.5) is 11.6 Å². The van der Waals surface area contributed by atoms with Crippen LogP contribution in [0.25, 0.3) is 0 Å². The summed E-state index contributed by atoms with van der Waals surface area (Å²) in [5.74, 6) is 0.275. The van der Waals surface area contributed by atoms with Crippen LogP contribution in [0.3, 0.4) is 0 Å². The van der Waals surface area contributed by atoms with E-state index >= 15 is 0 Å². The molecule has 3 rings (SSSR count). The minimum absolute atomic E-state index is 0.190. The Morgan fingerprint density at radius 2 is 1.69 bits per heavy atom. The van der Waals surface area contributed by atoms with Gasteiger partial charge in [-0.25, -0.2) is 9.97 Å². The number of rotatable bonds is 5. The molecule has 5 heteroatoms. The molecule has 0 fully saturated rings. The summed E-state index contributed by atoms with van der Waals surface area (Å²) in [6.45, 7) is 6.59. The monoisotopic (exact) mass is 346 g/mol. The summed E-state index contributed by atoms with van der Waals surface area (Å²) in [4.78, 5) is 20.7. The third-order valence-electron chi connectivity index (χ3n) is 4.08. The Morgan fingerprint density at radius 1 is 0.962 bits per heavy atom. The molecule has 0 radical (unpaired) electrons. The van der Waals surface area contributed by atoms with Gasteiger partial charge >= 0.3 is 0 Å². The van der Waals surface area contributed by atoms with E-state index in [2.05, 4.69) is 33.6 Å². The van der Waals surface area contributed by atoms with Gasteiger partial charge in [0, 0.05) is 24.6 Å². The highest BCUT2D eigenvalue weighted by Gasteiger charge is 2.08. The van der Waals surface area contributed by atoms with Crippen LogP contribution in [0.5, 0.6) is 0 Å². The van der Waals surface area contributed by atoms with Crippen LogP contribution in [0, 0.1) is 20.8 Å². The molecule has 5 nitrogen and oxygen atoms in total. The molecule has 1 amide bonds. The van der Waals surface area contributed by atoms with Crippen LogP contribution in [-0.2, 0) is 6.54 Å². The Hall–Kier alpha value is -3.21. The zero-order chi connectivity index (χ0) is 18.5. The van der Waals surface area contributed by atoms with E-state index in [1.165, 1.54) is 23.5 Å². The first-order valence-electron chi connectivity index (χ1n) is 8.51. The highest BCUT2D eigenvalue weighted by molar-refractivity contribution is 5.93. The van der Waals surface area contributed by atoms with Crippen molar-refractivity contribution in [3.8, 4) is 0 Å². The van der Waals surface area contributed by atoms with E-state index in [4.69, 9.17) is 0 Å². The van der Waals surface area contributed by atoms with E-state index in [0.29, 0.717) is 18.1 Å². The van der Waals surface area contributed by atoms with Crippen molar-refractivity contribution < 1.29 is 4.79 Å². The second-order valence-electron chi connectivity index (χ2n) is 6.41. The summed E-state index contributed by atoms with van der Waals surface area (Å²) in [6, 6.07) is 14.2. The molecule has 1 heterocycles. The van der Waals surface area contributed by atoms with Crippen LogP contribution < -0.4 is 10.6 Å². The molecule has 1 aromatic heterocycles. The van der Waals surface area contributed by atoms with Crippen molar-refractivity contribution >= 4 is 17.5 Å². The predicted molar refractivity (Wildman–Crippen MR) is 104 cm³/mol. The number of nitrogens with one attached hydrogen (secondary N) is 2. The van der Waals surface area contributed by atoms with Gasteiger partial charge in [-0.3, -0.25) is 4.79 Å². The maximum absolute atomic E-state index is 12.3. The average molecular weight is 346 g/mol. The Kier molecular flexibility index (Phi) is 5.27. The maximum atomic E-state index is 12.3. The van der Waals surface area contributed by atoms with E-state index in [1.54, 1.807) is 0 Å². The van der Waals surface area contributed by atoms with Crippen molar-refractivity contribution in [2.45, 2.75) is 27.3 Å². The zero-order valence-corrected chi connectivity index (χ0v) is 15.2. The second kappa shape index (κ2) is 7.78. The molecule has 0 spiro atoms. The number of aromatic nitrogens is 2. The summed E-state index contributed by atoms with van der Waals surface area (Å²) < 4.78 is 0. The lowest BCUT2D eigenvalue weighted by Crippen LogP contribution is -2.23. The third-order valence-corrected chi connectivity index (χ3v) is 4.08. The van der Waals surface area contributed by atoms with Crippen LogP contribution in [-0.4, -0.2) is 15.9 Å². The SMILES string of the molecule is Cc1cccc(CNC(=O)c2cnc(Nc3ccc(C)cc3C)nc2)c1. The Morgan fingerprint density at radius 3 is 2.38 bits per heavy atom. The number of carbonyl (C=O) groups is 1. The van der Waals surface area contributed by atoms with Gasteiger partial charge in [0.1, 0.15) is 0 Å². The van der Waals surface area contributed by atoms with Gasteiger partial charge in [0.25, 0.3) is 5.91 Å². The van der Waals surface area contributed by atoms with Gasteiger partial charge in [-0.05, 0) is 38.0 Å². The third kappa shape index (κ3) is 4.45. The number of benzene rings is 2. The molecule has 132 valence electrons. The van der Waals surface area contributed by atoms with E-state index in [-0.39, 0.29) is 5.91 Å². The summed E-state index contributed by atoms with van der Waals surface area (Å²) in [7, 11) is 0. The van der Waals surface area contributed by atoms with Crippen molar-refractivity contribution in [2.75, 3.05) is 5.32 Å². The highest BCUT2D eigenvalue weighted by atomic mass is 16.1. The van der Waals surface area contributed by atoms with Gasteiger partial charge in [-0.15, -0.1) is 0 Å². The second-order valence-corrected chi connectivity index (χ2v) is 6.41. The first kappa shape index (κ1) is 17.6. The smallest absolute Gasteiger partial charge is 0.254 e. The summed E-state index contributed by atoms with van der Waals surface area (Å²) in [5.41, 5.74) is 5.94. The summed E-state index contributed by atoms with van der Waals surface area (Å²) in [6.07, 6.45) is 3.06. The van der Waals surface area contributed by atoms with Crippen molar-refractivity contribution in [2.24, 2.45) is 0 Å². The van der Waals surface area contributed by atoms with E-state index in [0.717, 1.165) is 16.8 Å². The molecule has 0 bridgehead atoms. The Balaban J connectivity index is 1.62.